The molecule has 0 spiro atoms. The number of rotatable bonds is 4. The molecule has 2 rings (SSSR count). The van der Waals surface area contributed by atoms with Gasteiger partial charge in [0.25, 0.3) is 0 Å². The fourth-order valence-electron chi connectivity index (χ4n) is 1.50. The normalized spacial score (nSPS) is 19.3. The Hall–Kier alpha value is -1.62. The molecule has 1 amide bonds. The predicted molar refractivity (Wildman–Crippen MR) is 56.2 cm³/mol. The second-order valence-corrected chi connectivity index (χ2v) is 3.46. The number of hydrogen-bond acceptors (Lipinski definition) is 3. The summed E-state index contributed by atoms with van der Waals surface area (Å²) < 4.78 is 0. The standard InChI is InChI=1S/C10H14N4O/c15-10(9-2-1-4-11-9)12-5-3-8-6-13-14-7-8/h1-2,6-7,9,11H,3-5H2,(H,12,15)(H,13,14). The fourth-order valence-corrected chi connectivity index (χ4v) is 1.50. The minimum Gasteiger partial charge on any atom is -0.354 e. The lowest BCUT2D eigenvalue weighted by Crippen LogP contribution is -2.41. The maximum Gasteiger partial charge on any atom is 0.241 e. The highest BCUT2D eigenvalue weighted by Gasteiger charge is 2.16. The highest BCUT2D eigenvalue weighted by molar-refractivity contribution is 5.84. The predicted octanol–water partition coefficient (Wildman–Crippen LogP) is -0.404. The molecule has 80 valence electrons. The summed E-state index contributed by atoms with van der Waals surface area (Å²) in [6.07, 6.45) is 8.24. The van der Waals surface area contributed by atoms with E-state index < -0.39 is 0 Å². The Kier molecular flexibility index (Phi) is 3.14. The fraction of sp³-hybridized carbons (Fsp3) is 0.400. The van der Waals surface area contributed by atoms with Crippen molar-refractivity contribution in [2.45, 2.75) is 12.5 Å². The maximum atomic E-state index is 11.5. The third-order valence-corrected chi connectivity index (χ3v) is 2.33. The summed E-state index contributed by atoms with van der Waals surface area (Å²) in [6.45, 7) is 1.42. The largest absolute Gasteiger partial charge is 0.354 e. The van der Waals surface area contributed by atoms with E-state index in [2.05, 4.69) is 20.8 Å². The van der Waals surface area contributed by atoms with Crippen LogP contribution in [-0.2, 0) is 11.2 Å². The summed E-state index contributed by atoms with van der Waals surface area (Å²) in [5.41, 5.74) is 1.10. The molecule has 3 N–H and O–H groups in total. The van der Waals surface area contributed by atoms with Gasteiger partial charge in [0.1, 0.15) is 6.04 Å². The summed E-state index contributed by atoms with van der Waals surface area (Å²) in [7, 11) is 0. The molecule has 1 atom stereocenters. The van der Waals surface area contributed by atoms with Crippen molar-refractivity contribution in [3.63, 3.8) is 0 Å². The zero-order valence-corrected chi connectivity index (χ0v) is 8.36. The third-order valence-electron chi connectivity index (χ3n) is 2.33. The second-order valence-electron chi connectivity index (χ2n) is 3.46. The number of carbonyl (C=O) groups is 1. The number of aromatic nitrogens is 2. The molecular weight excluding hydrogens is 192 g/mol. The molecule has 2 heterocycles. The Morgan fingerprint density at radius 2 is 2.60 bits per heavy atom. The molecule has 5 heteroatoms. The summed E-state index contributed by atoms with van der Waals surface area (Å²) in [4.78, 5) is 11.5. The van der Waals surface area contributed by atoms with Gasteiger partial charge in [0, 0.05) is 19.3 Å². The molecule has 0 fully saturated rings. The molecule has 1 aromatic heterocycles. The van der Waals surface area contributed by atoms with Crippen LogP contribution < -0.4 is 10.6 Å². The van der Waals surface area contributed by atoms with E-state index in [-0.39, 0.29) is 11.9 Å². The van der Waals surface area contributed by atoms with Crippen LogP contribution in [0.15, 0.2) is 24.5 Å². The van der Waals surface area contributed by atoms with E-state index in [1.807, 2.05) is 18.3 Å². The van der Waals surface area contributed by atoms with Crippen LogP contribution in [-0.4, -0.2) is 35.2 Å². The topological polar surface area (TPSA) is 69.8 Å². The smallest absolute Gasteiger partial charge is 0.241 e. The first kappa shape index (κ1) is 9.92. The lowest BCUT2D eigenvalue weighted by Gasteiger charge is -2.09. The number of carbonyl (C=O) groups excluding carboxylic acids is 1. The zero-order valence-electron chi connectivity index (χ0n) is 8.36. The van der Waals surface area contributed by atoms with Crippen LogP contribution in [0.2, 0.25) is 0 Å². The Labute approximate surface area is 87.9 Å². The Morgan fingerprint density at radius 1 is 1.67 bits per heavy atom. The molecule has 1 aliphatic heterocycles. The summed E-state index contributed by atoms with van der Waals surface area (Å²) in [5.74, 6) is 0.0345. The van der Waals surface area contributed by atoms with Crippen molar-refractivity contribution in [1.82, 2.24) is 20.8 Å². The number of nitrogens with one attached hydrogen (secondary N) is 3. The molecule has 0 aliphatic carbocycles. The molecule has 0 saturated carbocycles. The van der Waals surface area contributed by atoms with Crippen molar-refractivity contribution in [3.8, 4) is 0 Å². The summed E-state index contributed by atoms with van der Waals surface area (Å²) >= 11 is 0. The molecule has 1 aliphatic rings. The van der Waals surface area contributed by atoms with E-state index in [0.29, 0.717) is 6.54 Å². The first-order valence-corrected chi connectivity index (χ1v) is 5.01. The lowest BCUT2D eigenvalue weighted by molar-refractivity contribution is -0.121. The Morgan fingerprint density at radius 3 is 3.27 bits per heavy atom. The maximum absolute atomic E-state index is 11.5. The van der Waals surface area contributed by atoms with Crippen LogP contribution >= 0.6 is 0 Å². The molecule has 5 nitrogen and oxygen atoms in total. The molecule has 15 heavy (non-hydrogen) atoms. The van der Waals surface area contributed by atoms with Crippen LogP contribution in [0, 0.1) is 0 Å². The third kappa shape index (κ3) is 2.66. The van der Waals surface area contributed by atoms with Gasteiger partial charge < -0.3 is 5.32 Å². The number of nitrogens with zero attached hydrogens (tertiary/aromatic N) is 1. The first-order valence-electron chi connectivity index (χ1n) is 5.01. The van der Waals surface area contributed by atoms with E-state index in [9.17, 15) is 4.79 Å². The van der Waals surface area contributed by atoms with Crippen LogP contribution in [0.25, 0.3) is 0 Å². The molecule has 1 unspecified atom stereocenters. The Bertz CT molecular complexity index is 344. The van der Waals surface area contributed by atoms with Gasteiger partial charge >= 0.3 is 0 Å². The Balaban J connectivity index is 1.69. The van der Waals surface area contributed by atoms with Crippen molar-refractivity contribution in [1.29, 1.82) is 0 Å². The summed E-state index contributed by atoms with van der Waals surface area (Å²) in [5, 5.41) is 12.5. The quantitative estimate of drug-likeness (QED) is 0.587. The van der Waals surface area contributed by atoms with Gasteiger partial charge in [-0.05, 0) is 12.0 Å². The van der Waals surface area contributed by atoms with Crippen molar-refractivity contribution in [2.75, 3.05) is 13.1 Å². The van der Waals surface area contributed by atoms with Gasteiger partial charge in [-0.2, -0.15) is 5.10 Å². The average Bonchev–Trinajstić information content (AvgIpc) is 2.90. The minimum atomic E-state index is -0.158. The average molecular weight is 206 g/mol. The van der Waals surface area contributed by atoms with Crippen LogP contribution in [0.1, 0.15) is 5.56 Å². The highest BCUT2D eigenvalue weighted by atomic mass is 16.2. The van der Waals surface area contributed by atoms with Crippen molar-refractivity contribution >= 4 is 5.91 Å². The van der Waals surface area contributed by atoms with Crippen LogP contribution in [0.3, 0.4) is 0 Å². The van der Waals surface area contributed by atoms with E-state index in [1.54, 1.807) is 6.20 Å². The molecule has 0 aromatic carbocycles. The van der Waals surface area contributed by atoms with Gasteiger partial charge in [-0.1, -0.05) is 12.2 Å². The monoisotopic (exact) mass is 206 g/mol. The number of amides is 1. The SMILES string of the molecule is O=C(NCCc1cn[nH]c1)C1C=CCN1. The molecular formula is C10H14N4O. The van der Waals surface area contributed by atoms with Crippen molar-refractivity contribution in [2.24, 2.45) is 0 Å². The van der Waals surface area contributed by atoms with Gasteiger partial charge in [0.15, 0.2) is 0 Å². The van der Waals surface area contributed by atoms with Gasteiger partial charge in [-0.15, -0.1) is 0 Å². The van der Waals surface area contributed by atoms with E-state index >= 15 is 0 Å². The first-order chi connectivity index (χ1) is 7.36. The van der Waals surface area contributed by atoms with Gasteiger partial charge in [0.2, 0.25) is 5.91 Å². The molecule has 1 aromatic rings. The van der Waals surface area contributed by atoms with Gasteiger partial charge in [-0.25, -0.2) is 0 Å². The van der Waals surface area contributed by atoms with E-state index in [1.165, 1.54) is 0 Å². The van der Waals surface area contributed by atoms with Gasteiger partial charge in [0.05, 0.1) is 6.20 Å². The number of H-pyrrole nitrogens is 1. The van der Waals surface area contributed by atoms with E-state index in [4.69, 9.17) is 0 Å². The van der Waals surface area contributed by atoms with Gasteiger partial charge in [-0.3, -0.25) is 15.2 Å². The zero-order chi connectivity index (χ0) is 10.5. The van der Waals surface area contributed by atoms with Crippen LogP contribution in [0.4, 0.5) is 0 Å². The summed E-state index contributed by atoms with van der Waals surface area (Å²) in [6, 6.07) is -0.158. The molecule has 0 bridgehead atoms. The molecule has 0 saturated heterocycles. The van der Waals surface area contributed by atoms with E-state index in [0.717, 1.165) is 18.5 Å². The number of aromatic amines is 1. The minimum absolute atomic E-state index is 0.0345. The lowest BCUT2D eigenvalue weighted by atomic mass is 10.2. The highest BCUT2D eigenvalue weighted by Crippen LogP contribution is 1.96. The van der Waals surface area contributed by atoms with Crippen molar-refractivity contribution < 1.29 is 4.79 Å². The number of hydrogen-bond donors (Lipinski definition) is 3. The second kappa shape index (κ2) is 4.75. The van der Waals surface area contributed by atoms with Crippen molar-refractivity contribution in [3.05, 3.63) is 30.1 Å². The van der Waals surface area contributed by atoms with Crippen LogP contribution in [0.5, 0.6) is 0 Å². The molecule has 0 radical (unpaired) electrons.